The highest BCUT2D eigenvalue weighted by Gasteiger charge is 2.31. The third-order valence-electron chi connectivity index (χ3n) is 5.70. The molecule has 0 spiro atoms. The van der Waals surface area contributed by atoms with E-state index in [-0.39, 0.29) is 16.8 Å². The Kier molecular flexibility index (Phi) is 5.35. The summed E-state index contributed by atoms with van der Waals surface area (Å²) in [4.78, 5) is 14.8. The van der Waals surface area contributed by atoms with E-state index in [1.165, 1.54) is 10.4 Å². The van der Waals surface area contributed by atoms with Gasteiger partial charge in [-0.15, -0.1) is 0 Å². The Morgan fingerprint density at radius 2 is 1.67 bits per heavy atom. The predicted molar refractivity (Wildman–Crippen MR) is 118 cm³/mol. The van der Waals surface area contributed by atoms with Crippen molar-refractivity contribution in [3.63, 3.8) is 0 Å². The zero-order chi connectivity index (χ0) is 21.3. The van der Waals surface area contributed by atoms with Crippen LogP contribution >= 0.6 is 0 Å². The molecule has 1 atom stereocenters. The van der Waals surface area contributed by atoms with Gasteiger partial charge in [0.05, 0.1) is 16.6 Å². The summed E-state index contributed by atoms with van der Waals surface area (Å²) in [6, 6.07) is 23.5. The van der Waals surface area contributed by atoms with Crippen molar-refractivity contribution in [3.05, 3.63) is 95.6 Å². The van der Waals surface area contributed by atoms with E-state index in [0.29, 0.717) is 24.2 Å². The zero-order valence-corrected chi connectivity index (χ0v) is 17.8. The number of amides is 1. The smallest absolute Gasteiger partial charge is 0.264 e. The molecule has 6 heteroatoms. The first-order valence-corrected chi connectivity index (χ1v) is 11.4. The number of benzene rings is 3. The lowest BCUT2D eigenvalue weighted by Gasteiger charge is -2.26. The molecule has 3 aromatic carbocycles. The maximum atomic E-state index is 13.3. The molecule has 30 heavy (non-hydrogen) atoms. The van der Waals surface area contributed by atoms with Gasteiger partial charge in [-0.1, -0.05) is 54.6 Å². The van der Waals surface area contributed by atoms with Gasteiger partial charge < -0.3 is 4.90 Å². The largest absolute Gasteiger partial charge is 0.335 e. The zero-order valence-electron chi connectivity index (χ0n) is 17.0. The molecule has 0 unspecified atom stereocenters. The van der Waals surface area contributed by atoms with Crippen LogP contribution in [0.4, 0.5) is 5.69 Å². The number of para-hydroxylation sites is 1. The summed E-state index contributed by atoms with van der Waals surface area (Å²) >= 11 is 0. The van der Waals surface area contributed by atoms with Gasteiger partial charge in [0, 0.05) is 19.2 Å². The van der Waals surface area contributed by atoms with Gasteiger partial charge >= 0.3 is 0 Å². The molecule has 154 valence electrons. The second-order valence-corrected chi connectivity index (χ2v) is 9.35. The molecular formula is C24H24N2O3S. The third kappa shape index (κ3) is 3.59. The normalized spacial score (nSPS) is 14.3. The Hall–Kier alpha value is -3.12. The van der Waals surface area contributed by atoms with Crippen LogP contribution in [0.2, 0.25) is 0 Å². The van der Waals surface area contributed by atoms with Crippen molar-refractivity contribution < 1.29 is 13.2 Å². The van der Waals surface area contributed by atoms with Crippen LogP contribution in [-0.4, -0.2) is 32.8 Å². The monoisotopic (exact) mass is 420 g/mol. The number of sulfonamides is 1. The standard InChI is InChI=1S/C24H24N2O3S/c1-18(19-9-4-3-5-10-19)25(2)24(27)21-12-8-13-22(17-21)30(28,29)26-16-15-20-11-6-7-14-23(20)26/h3-14,17-18H,15-16H2,1-2H3/t18-/m0/s1. The van der Waals surface area contributed by atoms with E-state index in [2.05, 4.69) is 0 Å². The van der Waals surface area contributed by atoms with Crippen LogP contribution in [0.3, 0.4) is 0 Å². The second kappa shape index (κ2) is 7.95. The number of hydrogen-bond acceptors (Lipinski definition) is 3. The van der Waals surface area contributed by atoms with Gasteiger partial charge in [-0.05, 0) is 48.7 Å². The summed E-state index contributed by atoms with van der Waals surface area (Å²) in [5.74, 6) is -0.217. The van der Waals surface area contributed by atoms with Gasteiger partial charge in [0.1, 0.15) is 0 Å². The van der Waals surface area contributed by atoms with Crippen LogP contribution in [0.25, 0.3) is 0 Å². The number of carbonyl (C=O) groups is 1. The molecule has 3 aromatic rings. The number of nitrogens with zero attached hydrogens (tertiary/aromatic N) is 2. The number of anilines is 1. The minimum absolute atomic E-state index is 0.130. The van der Waals surface area contributed by atoms with E-state index < -0.39 is 10.0 Å². The average Bonchev–Trinajstić information content (AvgIpc) is 3.23. The first-order chi connectivity index (χ1) is 14.4. The van der Waals surface area contributed by atoms with E-state index >= 15 is 0 Å². The van der Waals surface area contributed by atoms with E-state index in [4.69, 9.17) is 0 Å². The minimum Gasteiger partial charge on any atom is -0.335 e. The third-order valence-corrected chi connectivity index (χ3v) is 7.51. The second-order valence-electron chi connectivity index (χ2n) is 7.49. The van der Waals surface area contributed by atoms with E-state index in [1.54, 1.807) is 30.1 Å². The molecule has 0 saturated heterocycles. The van der Waals surface area contributed by atoms with Crippen LogP contribution in [0.1, 0.15) is 34.5 Å². The van der Waals surface area contributed by atoms with Gasteiger partial charge in [-0.2, -0.15) is 0 Å². The Balaban J connectivity index is 1.62. The molecule has 1 aliphatic rings. The first kappa shape index (κ1) is 20.2. The molecule has 0 aliphatic carbocycles. The van der Waals surface area contributed by atoms with Crippen molar-refractivity contribution in [1.82, 2.24) is 4.90 Å². The highest BCUT2D eigenvalue weighted by molar-refractivity contribution is 7.92. The lowest BCUT2D eigenvalue weighted by molar-refractivity contribution is 0.0742. The fourth-order valence-electron chi connectivity index (χ4n) is 3.81. The van der Waals surface area contributed by atoms with Gasteiger partial charge in [0.15, 0.2) is 0 Å². The Morgan fingerprint density at radius 1 is 0.967 bits per heavy atom. The molecular weight excluding hydrogens is 396 g/mol. The lowest BCUT2D eigenvalue weighted by Crippen LogP contribution is -2.31. The summed E-state index contributed by atoms with van der Waals surface area (Å²) in [5, 5.41) is 0. The maximum Gasteiger partial charge on any atom is 0.264 e. The van der Waals surface area contributed by atoms with Crippen LogP contribution in [0, 0.1) is 0 Å². The fraction of sp³-hybridized carbons (Fsp3) is 0.208. The van der Waals surface area contributed by atoms with Crippen LogP contribution in [0.5, 0.6) is 0 Å². The Bertz CT molecular complexity index is 1180. The topological polar surface area (TPSA) is 57.7 Å². The highest BCUT2D eigenvalue weighted by Crippen LogP contribution is 2.33. The molecule has 0 bridgehead atoms. The predicted octanol–water partition coefficient (Wildman–Crippen LogP) is 4.27. The van der Waals surface area contributed by atoms with Crippen molar-refractivity contribution in [2.24, 2.45) is 0 Å². The van der Waals surface area contributed by atoms with E-state index in [1.807, 2.05) is 61.5 Å². The maximum absolute atomic E-state index is 13.3. The Morgan fingerprint density at radius 3 is 2.43 bits per heavy atom. The molecule has 0 N–H and O–H groups in total. The Labute approximate surface area is 177 Å². The lowest BCUT2D eigenvalue weighted by atomic mass is 10.1. The van der Waals surface area contributed by atoms with Crippen molar-refractivity contribution in [2.45, 2.75) is 24.3 Å². The van der Waals surface area contributed by atoms with Crippen LogP contribution in [-0.2, 0) is 16.4 Å². The van der Waals surface area contributed by atoms with Gasteiger partial charge in [-0.3, -0.25) is 9.10 Å². The molecule has 0 fully saturated rings. The summed E-state index contributed by atoms with van der Waals surface area (Å²) in [7, 11) is -2.01. The first-order valence-electron chi connectivity index (χ1n) is 9.92. The number of hydrogen-bond donors (Lipinski definition) is 0. The minimum atomic E-state index is -3.74. The molecule has 1 heterocycles. The summed E-state index contributed by atoms with van der Waals surface area (Å²) in [5.41, 5.74) is 3.11. The number of carbonyl (C=O) groups excluding carboxylic acids is 1. The summed E-state index contributed by atoms with van der Waals surface area (Å²) in [6.45, 7) is 2.36. The molecule has 0 aromatic heterocycles. The van der Waals surface area contributed by atoms with Crippen LogP contribution in [0.15, 0.2) is 83.8 Å². The summed E-state index contributed by atoms with van der Waals surface area (Å²) in [6.07, 6.45) is 0.686. The number of fused-ring (bicyclic) bond motifs is 1. The molecule has 0 saturated carbocycles. The van der Waals surface area contributed by atoms with Crippen molar-refractivity contribution in [3.8, 4) is 0 Å². The van der Waals surface area contributed by atoms with Crippen molar-refractivity contribution >= 4 is 21.6 Å². The molecule has 1 amide bonds. The molecule has 5 nitrogen and oxygen atoms in total. The van der Waals surface area contributed by atoms with E-state index in [0.717, 1.165) is 11.1 Å². The fourth-order valence-corrected chi connectivity index (χ4v) is 5.36. The van der Waals surface area contributed by atoms with Crippen molar-refractivity contribution in [1.29, 1.82) is 0 Å². The van der Waals surface area contributed by atoms with Gasteiger partial charge in [0.2, 0.25) is 0 Å². The van der Waals surface area contributed by atoms with Gasteiger partial charge in [0.25, 0.3) is 15.9 Å². The highest BCUT2D eigenvalue weighted by atomic mass is 32.2. The molecule has 0 radical (unpaired) electrons. The molecule has 4 rings (SSSR count). The SMILES string of the molecule is C[C@@H](c1ccccc1)N(C)C(=O)c1cccc(S(=O)(=O)N2CCc3ccccc32)c1. The quantitative estimate of drug-likeness (QED) is 0.619. The average molecular weight is 421 g/mol. The number of rotatable bonds is 5. The van der Waals surface area contributed by atoms with Crippen LogP contribution < -0.4 is 4.31 Å². The molecule has 1 aliphatic heterocycles. The van der Waals surface area contributed by atoms with Gasteiger partial charge in [-0.25, -0.2) is 8.42 Å². The van der Waals surface area contributed by atoms with Crippen molar-refractivity contribution in [2.75, 3.05) is 17.9 Å². The summed E-state index contributed by atoms with van der Waals surface area (Å²) < 4.78 is 28.0. The van der Waals surface area contributed by atoms with E-state index in [9.17, 15) is 13.2 Å².